The van der Waals surface area contributed by atoms with E-state index in [-0.39, 0.29) is 5.91 Å². The Hall–Kier alpha value is -2.58. The Morgan fingerprint density at radius 3 is 2.19 bits per heavy atom. The van der Waals surface area contributed by atoms with Gasteiger partial charge in [-0.2, -0.15) is 13.2 Å². The van der Waals surface area contributed by atoms with Gasteiger partial charge in [-0.05, 0) is 18.2 Å². The third-order valence-electron chi connectivity index (χ3n) is 4.54. The summed E-state index contributed by atoms with van der Waals surface area (Å²) < 4.78 is 63.1. The molecule has 32 heavy (non-hydrogen) atoms. The van der Waals surface area contributed by atoms with Crippen LogP contribution in [0.3, 0.4) is 0 Å². The first kappa shape index (κ1) is 25.7. The van der Waals surface area contributed by atoms with E-state index in [0.717, 1.165) is 38.1 Å². The van der Waals surface area contributed by atoms with Crippen molar-refractivity contribution < 1.29 is 41.0 Å². The molecule has 0 aromatic heterocycles. The maximum atomic E-state index is 12.7. The van der Waals surface area contributed by atoms with Gasteiger partial charge in [0.1, 0.15) is 0 Å². The molecule has 2 fully saturated rings. The highest BCUT2D eigenvalue weighted by Crippen LogP contribution is 2.29. The maximum Gasteiger partial charge on any atom is 0.490 e. The molecule has 0 bridgehead atoms. The van der Waals surface area contributed by atoms with Crippen LogP contribution in [0.25, 0.3) is 0 Å². The molecule has 1 aromatic rings. The summed E-state index contributed by atoms with van der Waals surface area (Å²) in [4.78, 5) is 25.4. The summed E-state index contributed by atoms with van der Waals surface area (Å²) in [5.41, 5.74) is 1.72. The molecule has 0 unspecified atom stereocenters. The van der Waals surface area contributed by atoms with Gasteiger partial charge < -0.3 is 25.0 Å². The number of benzene rings is 1. The molecular formula is C18H25F3N4O6S. The molecule has 0 saturated carbocycles. The van der Waals surface area contributed by atoms with Crippen molar-refractivity contribution in [3.8, 4) is 0 Å². The predicted octanol–water partition coefficient (Wildman–Crippen LogP) is 0.573. The number of carbonyl (C=O) groups is 2. The molecule has 0 spiro atoms. The average molecular weight is 482 g/mol. The van der Waals surface area contributed by atoms with Crippen molar-refractivity contribution in [3.05, 3.63) is 23.8 Å². The molecule has 14 heteroatoms. The van der Waals surface area contributed by atoms with Crippen molar-refractivity contribution in [1.82, 2.24) is 10.2 Å². The van der Waals surface area contributed by atoms with Gasteiger partial charge in [-0.3, -0.25) is 9.52 Å². The van der Waals surface area contributed by atoms with Gasteiger partial charge in [0.25, 0.3) is 5.91 Å². The van der Waals surface area contributed by atoms with Crippen LogP contribution in [-0.4, -0.2) is 95.2 Å². The number of rotatable bonds is 4. The van der Waals surface area contributed by atoms with E-state index in [9.17, 15) is 26.4 Å². The third kappa shape index (κ3) is 7.84. The summed E-state index contributed by atoms with van der Waals surface area (Å²) in [6, 6.07) is 5.23. The van der Waals surface area contributed by atoms with E-state index >= 15 is 0 Å². The van der Waals surface area contributed by atoms with Crippen LogP contribution in [0.2, 0.25) is 0 Å². The quantitative estimate of drug-likeness (QED) is 0.569. The van der Waals surface area contributed by atoms with E-state index < -0.39 is 22.2 Å². The smallest absolute Gasteiger partial charge is 0.475 e. The molecule has 0 atom stereocenters. The Bertz CT molecular complexity index is 914. The zero-order chi connectivity index (χ0) is 23.9. The second-order valence-corrected chi connectivity index (χ2v) is 8.80. The third-order valence-corrected chi connectivity index (χ3v) is 5.13. The van der Waals surface area contributed by atoms with Crippen molar-refractivity contribution in [1.29, 1.82) is 0 Å². The van der Waals surface area contributed by atoms with Crippen molar-refractivity contribution in [3.63, 3.8) is 0 Å². The molecule has 0 radical (unpaired) electrons. The van der Waals surface area contributed by atoms with Gasteiger partial charge in [0.2, 0.25) is 10.0 Å². The lowest BCUT2D eigenvalue weighted by atomic mass is 10.1. The molecule has 10 nitrogen and oxygen atoms in total. The number of amides is 1. The predicted molar refractivity (Wildman–Crippen MR) is 110 cm³/mol. The molecule has 1 aromatic carbocycles. The summed E-state index contributed by atoms with van der Waals surface area (Å²) in [6.07, 6.45) is -3.97. The van der Waals surface area contributed by atoms with Crippen LogP contribution in [0.15, 0.2) is 18.2 Å². The summed E-state index contributed by atoms with van der Waals surface area (Å²) in [6.45, 7) is 5.41. The molecule has 3 N–H and O–H groups in total. The topological polar surface area (TPSA) is 128 Å². The Kier molecular flexibility index (Phi) is 8.69. The highest BCUT2D eigenvalue weighted by atomic mass is 32.2. The number of anilines is 2. The van der Waals surface area contributed by atoms with Crippen LogP contribution < -0.4 is 14.9 Å². The average Bonchev–Trinajstić information content (AvgIpc) is 2.73. The lowest BCUT2D eigenvalue weighted by Crippen LogP contribution is -2.44. The Morgan fingerprint density at radius 1 is 1.12 bits per heavy atom. The van der Waals surface area contributed by atoms with Crippen LogP contribution in [-0.2, 0) is 19.6 Å². The van der Waals surface area contributed by atoms with Crippen molar-refractivity contribution in [2.24, 2.45) is 0 Å². The Balaban J connectivity index is 0.000000451. The number of hydrogen-bond donors (Lipinski definition) is 3. The minimum absolute atomic E-state index is 0.105. The monoisotopic (exact) mass is 482 g/mol. The highest BCUT2D eigenvalue weighted by Gasteiger charge is 2.38. The molecule has 2 aliphatic rings. The number of sulfonamides is 1. The summed E-state index contributed by atoms with van der Waals surface area (Å²) >= 11 is 0. The number of nitrogens with one attached hydrogen (secondary N) is 2. The highest BCUT2D eigenvalue weighted by molar-refractivity contribution is 7.92. The fourth-order valence-electron chi connectivity index (χ4n) is 3.08. The lowest BCUT2D eigenvalue weighted by Gasteiger charge is -2.32. The number of carboxylic acid groups (broad SMARTS) is 1. The summed E-state index contributed by atoms with van der Waals surface area (Å²) in [7, 11) is -3.44. The number of halogens is 3. The largest absolute Gasteiger partial charge is 0.490 e. The first-order valence-corrected chi connectivity index (χ1v) is 11.5. The van der Waals surface area contributed by atoms with Gasteiger partial charge in [-0.25, -0.2) is 13.2 Å². The van der Waals surface area contributed by atoms with E-state index in [2.05, 4.69) is 14.9 Å². The number of morpholine rings is 1. The number of carboxylic acids is 1. The van der Waals surface area contributed by atoms with Crippen molar-refractivity contribution in [2.75, 3.05) is 68.4 Å². The lowest BCUT2D eigenvalue weighted by molar-refractivity contribution is -0.192. The van der Waals surface area contributed by atoms with E-state index in [4.69, 9.17) is 14.6 Å². The second-order valence-electron chi connectivity index (χ2n) is 7.05. The van der Waals surface area contributed by atoms with E-state index in [1.807, 2.05) is 6.07 Å². The standard InChI is InChI=1S/C16H24N4O4S.C2HF3O2/c1-25(22,23)18-14-12-13(16(21)20-8-10-24-11-9-20)2-3-15(14)19-6-4-17-5-7-19;3-2(4,5)1(6)7/h2-3,12,17-18H,4-11H2,1H3;(H,6,7). The second kappa shape index (κ2) is 10.8. The zero-order valence-electron chi connectivity index (χ0n) is 17.3. The van der Waals surface area contributed by atoms with Crippen LogP contribution in [0.5, 0.6) is 0 Å². The van der Waals surface area contributed by atoms with Gasteiger partial charge in [0.05, 0.1) is 30.8 Å². The fraction of sp³-hybridized carbons (Fsp3) is 0.556. The van der Waals surface area contributed by atoms with Crippen LogP contribution in [0.4, 0.5) is 24.5 Å². The normalized spacial score (nSPS) is 17.2. The number of piperazine rings is 1. The van der Waals surface area contributed by atoms with Gasteiger partial charge in [0.15, 0.2) is 0 Å². The van der Waals surface area contributed by atoms with Crippen molar-refractivity contribution >= 4 is 33.3 Å². The number of alkyl halides is 3. The number of ether oxygens (including phenoxy) is 1. The van der Waals surface area contributed by atoms with Gasteiger partial charge in [0, 0.05) is 44.8 Å². The number of hydrogen-bond acceptors (Lipinski definition) is 7. The van der Waals surface area contributed by atoms with Gasteiger partial charge in [-0.15, -0.1) is 0 Å². The molecular weight excluding hydrogens is 457 g/mol. The minimum atomic E-state index is -5.08. The Morgan fingerprint density at radius 2 is 1.69 bits per heavy atom. The SMILES string of the molecule is CS(=O)(=O)Nc1cc(C(=O)N2CCOCC2)ccc1N1CCNCC1.O=C(O)C(F)(F)F. The zero-order valence-corrected chi connectivity index (χ0v) is 18.1. The van der Waals surface area contributed by atoms with Gasteiger partial charge in [-0.1, -0.05) is 0 Å². The van der Waals surface area contributed by atoms with Crippen molar-refractivity contribution in [2.45, 2.75) is 6.18 Å². The maximum absolute atomic E-state index is 12.7. The minimum Gasteiger partial charge on any atom is -0.475 e. The number of nitrogens with zero attached hydrogens (tertiary/aromatic N) is 2. The van der Waals surface area contributed by atoms with E-state index in [0.29, 0.717) is 37.6 Å². The number of aliphatic carboxylic acids is 1. The first-order valence-electron chi connectivity index (χ1n) is 9.63. The molecule has 2 saturated heterocycles. The Labute approximate surface area is 183 Å². The van der Waals surface area contributed by atoms with Crippen LogP contribution >= 0.6 is 0 Å². The molecule has 2 heterocycles. The molecule has 0 aliphatic carbocycles. The molecule has 1 amide bonds. The molecule has 180 valence electrons. The van der Waals surface area contributed by atoms with Gasteiger partial charge >= 0.3 is 12.1 Å². The number of carbonyl (C=O) groups excluding carboxylic acids is 1. The summed E-state index contributed by atoms with van der Waals surface area (Å²) in [5.74, 6) is -2.86. The molecule has 2 aliphatic heterocycles. The van der Waals surface area contributed by atoms with Crippen LogP contribution in [0.1, 0.15) is 10.4 Å². The first-order chi connectivity index (χ1) is 14.9. The summed E-state index contributed by atoms with van der Waals surface area (Å²) in [5, 5.41) is 10.4. The van der Waals surface area contributed by atoms with E-state index in [1.165, 1.54) is 0 Å². The molecule has 3 rings (SSSR count). The van der Waals surface area contributed by atoms with E-state index in [1.54, 1.807) is 17.0 Å². The fourth-order valence-corrected chi connectivity index (χ4v) is 3.64. The van der Waals surface area contributed by atoms with Crippen LogP contribution in [0, 0.1) is 0 Å².